The first-order valence-electron chi connectivity index (χ1n) is 7.29. The molecule has 3 rings (SSSR count). The summed E-state index contributed by atoms with van der Waals surface area (Å²) in [5.74, 6) is 1.14. The smallest absolute Gasteiger partial charge is 0.124 e. The molecule has 1 aromatic carbocycles. The van der Waals surface area contributed by atoms with E-state index in [1.165, 1.54) is 36.0 Å². The average molecular weight is 257 g/mol. The SMILES string of the molecule is Cc1cc2nc([C@@H]3CCCN3C(C)C)[nH]c2cc1C. The van der Waals surface area contributed by atoms with E-state index in [0.29, 0.717) is 12.1 Å². The number of rotatable bonds is 2. The molecule has 1 aromatic heterocycles. The van der Waals surface area contributed by atoms with Gasteiger partial charge in [-0.25, -0.2) is 4.98 Å². The molecule has 0 unspecified atom stereocenters. The van der Waals surface area contributed by atoms with Crippen LogP contribution < -0.4 is 0 Å². The van der Waals surface area contributed by atoms with E-state index in [-0.39, 0.29) is 0 Å². The highest BCUT2D eigenvalue weighted by Gasteiger charge is 2.30. The van der Waals surface area contributed by atoms with E-state index in [2.05, 4.69) is 49.7 Å². The molecule has 0 bridgehead atoms. The first-order valence-corrected chi connectivity index (χ1v) is 7.29. The molecule has 0 saturated carbocycles. The molecule has 1 aliphatic rings. The van der Waals surface area contributed by atoms with Gasteiger partial charge in [-0.1, -0.05) is 0 Å². The van der Waals surface area contributed by atoms with E-state index in [4.69, 9.17) is 4.98 Å². The third-order valence-electron chi connectivity index (χ3n) is 4.39. The first kappa shape index (κ1) is 12.7. The van der Waals surface area contributed by atoms with Crippen LogP contribution in [0.15, 0.2) is 12.1 Å². The Balaban J connectivity index is 2.01. The Morgan fingerprint density at radius 1 is 1.26 bits per heavy atom. The molecule has 1 saturated heterocycles. The lowest BCUT2D eigenvalue weighted by Gasteiger charge is -2.26. The lowest BCUT2D eigenvalue weighted by atomic mass is 10.1. The largest absolute Gasteiger partial charge is 0.341 e. The summed E-state index contributed by atoms with van der Waals surface area (Å²) < 4.78 is 0. The van der Waals surface area contributed by atoms with E-state index in [1.807, 2.05) is 0 Å². The highest BCUT2D eigenvalue weighted by Crippen LogP contribution is 2.33. The predicted octanol–water partition coefficient (Wildman–Crippen LogP) is 3.73. The van der Waals surface area contributed by atoms with Crippen molar-refractivity contribution in [3.8, 4) is 0 Å². The highest BCUT2D eigenvalue weighted by molar-refractivity contribution is 5.77. The molecule has 1 fully saturated rings. The van der Waals surface area contributed by atoms with E-state index in [9.17, 15) is 0 Å². The van der Waals surface area contributed by atoms with Crippen LogP contribution in [0.4, 0.5) is 0 Å². The molecule has 1 N–H and O–H groups in total. The van der Waals surface area contributed by atoms with Crippen molar-refractivity contribution in [1.82, 2.24) is 14.9 Å². The van der Waals surface area contributed by atoms with Gasteiger partial charge in [0, 0.05) is 6.04 Å². The lowest BCUT2D eigenvalue weighted by Crippen LogP contribution is -2.30. The molecule has 1 aliphatic heterocycles. The zero-order valence-corrected chi connectivity index (χ0v) is 12.3. The van der Waals surface area contributed by atoms with Crippen molar-refractivity contribution in [1.29, 1.82) is 0 Å². The topological polar surface area (TPSA) is 31.9 Å². The van der Waals surface area contributed by atoms with Gasteiger partial charge in [0.2, 0.25) is 0 Å². The molecule has 2 aromatic rings. The molecule has 19 heavy (non-hydrogen) atoms. The minimum atomic E-state index is 0.466. The van der Waals surface area contributed by atoms with E-state index in [0.717, 1.165) is 11.3 Å². The Kier molecular flexibility index (Phi) is 3.09. The van der Waals surface area contributed by atoms with Crippen LogP contribution >= 0.6 is 0 Å². The van der Waals surface area contributed by atoms with E-state index < -0.39 is 0 Å². The summed E-state index contributed by atoms with van der Waals surface area (Å²) >= 11 is 0. The molecule has 2 heterocycles. The molecule has 3 heteroatoms. The Morgan fingerprint density at radius 2 is 2.00 bits per heavy atom. The minimum Gasteiger partial charge on any atom is -0.341 e. The van der Waals surface area contributed by atoms with Crippen molar-refractivity contribution in [2.24, 2.45) is 0 Å². The van der Waals surface area contributed by atoms with Gasteiger partial charge in [-0.05, 0) is 70.3 Å². The van der Waals surface area contributed by atoms with Crippen molar-refractivity contribution in [3.63, 3.8) is 0 Å². The van der Waals surface area contributed by atoms with Crippen molar-refractivity contribution in [2.45, 2.75) is 52.6 Å². The number of hydrogen-bond donors (Lipinski definition) is 1. The molecular weight excluding hydrogens is 234 g/mol. The predicted molar refractivity (Wildman–Crippen MR) is 79.4 cm³/mol. The number of nitrogens with one attached hydrogen (secondary N) is 1. The third kappa shape index (κ3) is 2.16. The fourth-order valence-corrected chi connectivity index (χ4v) is 3.15. The van der Waals surface area contributed by atoms with E-state index in [1.54, 1.807) is 0 Å². The molecule has 102 valence electrons. The van der Waals surface area contributed by atoms with Crippen LogP contribution in [0.1, 0.15) is 49.7 Å². The average Bonchev–Trinajstić information content (AvgIpc) is 2.95. The fraction of sp³-hybridized carbons (Fsp3) is 0.562. The van der Waals surface area contributed by atoms with Gasteiger partial charge in [0.1, 0.15) is 5.82 Å². The van der Waals surface area contributed by atoms with Crippen molar-refractivity contribution in [2.75, 3.05) is 6.54 Å². The molecule has 0 spiro atoms. The standard InChI is InChI=1S/C16H23N3/c1-10(2)19-7-5-6-15(19)16-17-13-8-11(3)12(4)9-14(13)18-16/h8-10,15H,5-7H2,1-4H3,(H,17,18)/t15-/m0/s1. The van der Waals surface area contributed by atoms with E-state index >= 15 is 0 Å². The van der Waals surface area contributed by atoms with Crippen molar-refractivity contribution in [3.05, 3.63) is 29.1 Å². The van der Waals surface area contributed by atoms with Crippen LogP contribution in [-0.4, -0.2) is 27.5 Å². The summed E-state index contributed by atoms with van der Waals surface area (Å²) in [4.78, 5) is 10.9. The van der Waals surface area contributed by atoms with Crippen LogP contribution in [-0.2, 0) is 0 Å². The number of benzene rings is 1. The molecule has 0 amide bonds. The maximum atomic E-state index is 4.83. The number of fused-ring (bicyclic) bond motifs is 1. The number of imidazole rings is 1. The molecule has 1 atom stereocenters. The van der Waals surface area contributed by atoms with Crippen LogP contribution in [0, 0.1) is 13.8 Å². The van der Waals surface area contributed by atoms with Gasteiger partial charge >= 0.3 is 0 Å². The van der Waals surface area contributed by atoms with Gasteiger partial charge in [-0.15, -0.1) is 0 Å². The Bertz CT molecular complexity index is 558. The number of likely N-dealkylation sites (tertiary alicyclic amines) is 1. The van der Waals surface area contributed by atoms with Gasteiger partial charge in [-0.2, -0.15) is 0 Å². The maximum Gasteiger partial charge on any atom is 0.124 e. The third-order valence-corrected chi connectivity index (χ3v) is 4.39. The number of aryl methyl sites for hydroxylation is 2. The summed E-state index contributed by atoms with van der Waals surface area (Å²) in [6, 6.07) is 5.46. The summed E-state index contributed by atoms with van der Waals surface area (Å²) in [6.07, 6.45) is 2.49. The Labute approximate surface area is 115 Å². The number of hydrogen-bond acceptors (Lipinski definition) is 2. The molecule has 0 aliphatic carbocycles. The number of nitrogens with zero attached hydrogens (tertiary/aromatic N) is 2. The van der Waals surface area contributed by atoms with Gasteiger partial charge in [0.05, 0.1) is 17.1 Å². The molecule has 0 radical (unpaired) electrons. The van der Waals surface area contributed by atoms with Gasteiger partial charge in [-0.3, -0.25) is 4.90 Å². The molecule has 3 nitrogen and oxygen atoms in total. The summed E-state index contributed by atoms with van der Waals surface area (Å²) in [6.45, 7) is 10.0. The quantitative estimate of drug-likeness (QED) is 0.889. The van der Waals surface area contributed by atoms with Gasteiger partial charge < -0.3 is 4.98 Å². The Hall–Kier alpha value is -1.35. The van der Waals surface area contributed by atoms with Gasteiger partial charge in [0.15, 0.2) is 0 Å². The zero-order chi connectivity index (χ0) is 13.6. The van der Waals surface area contributed by atoms with Gasteiger partial charge in [0.25, 0.3) is 0 Å². The summed E-state index contributed by atoms with van der Waals surface area (Å²) in [5.41, 5.74) is 4.93. The maximum absolute atomic E-state index is 4.83. The lowest BCUT2D eigenvalue weighted by molar-refractivity contribution is 0.199. The van der Waals surface area contributed by atoms with Crippen molar-refractivity contribution >= 4 is 11.0 Å². The summed E-state index contributed by atoms with van der Waals surface area (Å²) in [7, 11) is 0. The number of H-pyrrole nitrogens is 1. The second-order valence-corrected chi connectivity index (χ2v) is 6.07. The van der Waals surface area contributed by atoms with Crippen molar-refractivity contribution < 1.29 is 0 Å². The monoisotopic (exact) mass is 257 g/mol. The Morgan fingerprint density at radius 3 is 2.74 bits per heavy atom. The second kappa shape index (κ2) is 4.64. The van der Waals surface area contributed by atoms with Crippen LogP contribution in [0.3, 0.4) is 0 Å². The second-order valence-electron chi connectivity index (χ2n) is 6.07. The van der Waals surface area contributed by atoms with Crippen LogP contribution in [0.2, 0.25) is 0 Å². The molecular formula is C16H23N3. The number of aromatic amines is 1. The highest BCUT2D eigenvalue weighted by atomic mass is 15.2. The normalized spacial score (nSPS) is 20.8. The summed E-state index contributed by atoms with van der Waals surface area (Å²) in [5, 5.41) is 0. The van der Waals surface area contributed by atoms with Crippen LogP contribution in [0.25, 0.3) is 11.0 Å². The zero-order valence-electron chi connectivity index (χ0n) is 12.3. The fourth-order valence-electron chi connectivity index (χ4n) is 3.15. The van der Waals surface area contributed by atoms with Crippen LogP contribution in [0.5, 0.6) is 0 Å². The number of aromatic nitrogens is 2. The minimum absolute atomic E-state index is 0.466. The first-order chi connectivity index (χ1) is 9.06.